The van der Waals surface area contributed by atoms with E-state index in [1.54, 1.807) is 0 Å². The highest BCUT2D eigenvalue weighted by molar-refractivity contribution is 7.71. The van der Waals surface area contributed by atoms with Gasteiger partial charge in [-0.25, -0.2) is 0 Å². The van der Waals surface area contributed by atoms with Crippen molar-refractivity contribution < 1.29 is 0 Å². The number of hydrogen-bond donors (Lipinski definition) is 0. The van der Waals surface area contributed by atoms with Crippen LogP contribution in [0.25, 0.3) is 0 Å². The van der Waals surface area contributed by atoms with Gasteiger partial charge in [0, 0.05) is 0 Å². The van der Waals surface area contributed by atoms with Crippen LogP contribution in [0.2, 0.25) is 98.2 Å². The highest BCUT2D eigenvalue weighted by Crippen LogP contribution is 2.51. The van der Waals surface area contributed by atoms with E-state index in [2.05, 4.69) is 103 Å². The summed E-state index contributed by atoms with van der Waals surface area (Å²) in [7, 11) is -4.52. The van der Waals surface area contributed by atoms with Gasteiger partial charge >= 0.3 is 0 Å². The van der Waals surface area contributed by atoms with E-state index >= 15 is 0 Å². The van der Waals surface area contributed by atoms with Crippen LogP contribution in [0.5, 0.6) is 0 Å². The summed E-state index contributed by atoms with van der Waals surface area (Å²) in [6.07, 6.45) is 0. The summed E-state index contributed by atoms with van der Waals surface area (Å²) in [5.74, 6) is 0. The molecule has 0 saturated carbocycles. The largest absolute Gasteiger partial charge is 0.116 e. The third-order valence-corrected chi connectivity index (χ3v) is 44.6. The van der Waals surface area contributed by atoms with Crippen molar-refractivity contribution in [2.45, 2.75) is 102 Å². The van der Waals surface area contributed by atoms with Gasteiger partial charge in [-0.15, -0.1) is 8.20 Å². The van der Waals surface area contributed by atoms with Crippen LogP contribution >= 0.6 is 8.20 Å². The van der Waals surface area contributed by atoms with Gasteiger partial charge in [-0.1, -0.05) is 103 Å². The van der Waals surface area contributed by atoms with Gasteiger partial charge in [-0.2, -0.15) is 0 Å². The average molecular weight is 421 g/mol. The number of hydrogen-bond acceptors (Lipinski definition) is 0. The lowest BCUT2D eigenvalue weighted by molar-refractivity contribution is 1.28. The molecule has 0 unspecified atom stereocenters. The van der Waals surface area contributed by atoms with Crippen molar-refractivity contribution in [3.63, 3.8) is 0 Å². The first kappa shape index (κ1) is 24.3. The third-order valence-electron chi connectivity index (χ3n) is 4.96. The summed E-state index contributed by atoms with van der Waals surface area (Å²) in [5, 5.41) is 0. The summed E-state index contributed by atoms with van der Waals surface area (Å²) in [6, 6.07) is 0. The van der Waals surface area contributed by atoms with Crippen LogP contribution in [0.1, 0.15) is 0 Å². The quantitative estimate of drug-likeness (QED) is 0.314. The van der Waals surface area contributed by atoms with E-state index in [0.717, 1.165) is 0 Å². The lowest BCUT2D eigenvalue weighted by Crippen LogP contribution is -2.74. The SMILES string of the molecule is C[Si](C)(C)C(=PC([Si](C)(C)C)([Si](C)(C)C)[Si](C)(C)C)[Si](C)(C)C. The van der Waals surface area contributed by atoms with Crippen LogP contribution in [0.15, 0.2) is 0 Å². The van der Waals surface area contributed by atoms with E-state index in [-0.39, 0.29) is 0 Å². The molecule has 23 heavy (non-hydrogen) atoms. The second kappa shape index (κ2) is 6.77. The van der Waals surface area contributed by atoms with E-state index in [1.807, 2.05) is 8.20 Å². The second-order valence-electron chi connectivity index (χ2n) is 12.4. The Balaban J connectivity index is 7.04. The monoisotopic (exact) mass is 420 g/mol. The van der Waals surface area contributed by atoms with Gasteiger partial charge < -0.3 is 0 Å². The average Bonchev–Trinajstić information content (AvgIpc) is 2.05. The molecule has 138 valence electrons. The topological polar surface area (TPSA) is 0 Å². The Hall–Kier alpha value is 1.25. The molecule has 0 nitrogen and oxygen atoms in total. The Morgan fingerprint density at radius 3 is 0.826 bits per heavy atom. The van der Waals surface area contributed by atoms with Crippen molar-refractivity contribution in [1.29, 1.82) is 0 Å². The molecule has 0 atom stereocenters. The molecule has 0 amide bonds. The smallest absolute Gasteiger partial charge is 0.0730 e. The number of rotatable bonds is 6. The van der Waals surface area contributed by atoms with Crippen LogP contribution < -0.4 is 0 Å². The fourth-order valence-corrected chi connectivity index (χ4v) is 52.6. The molecular formula is C17H45PSi5. The van der Waals surface area contributed by atoms with E-state index in [1.165, 1.54) is 0 Å². The van der Waals surface area contributed by atoms with Crippen molar-refractivity contribution in [2.75, 3.05) is 0 Å². The minimum Gasteiger partial charge on any atom is -0.116 e. The van der Waals surface area contributed by atoms with Crippen molar-refractivity contribution in [3.05, 3.63) is 0 Å². The van der Waals surface area contributed by atoms with Crippen molar-refractivity contribution in [3.8, 4) is 0 Å². The van der Waals surface area contributed by atoms with Gasteiger partial charge in [0.2, 0.25) is 0 Å². The maximum absolute atomic E-state index is 2.68. The van der Waals surface area contributed by atoms with E-state index in [0.29, 0.717) is 4.03 Å². The fraction of sp³-hybridized carbons (Fsp3) is 0.941. The lowest BCUT2D eigenvalue weighted by atomic mass is 11.6. The summed E-state index contributed by atoms with van der Waals surface area (Å²) in [5.41, 5.74) is 0. The first-order chi connectivity index (χ1) is 9.59. The fourth-order valence-electron chi connectivity index (χ4n) is 5.51. The standard InChI is InChI=1S/C17H45PSi5/c1-19(2,3)16(20(4,5)6)18-17(21(7,8)9,22(10,11)12)23(13,14)15/h1-15H3. The molecule has 0 spiro atoms. The van der Waals surface area contributed by atoms with E-state index in [9.17, 15) is 0 Å². The van der Waals surface area contributed by atoms with Gasteiger partial charge in [0.25, 0.3) is 0 Å². The first-order valence-corrected chi connectivity index (χ1v) is 27.6. The minimum absolute atomic E-state index is 0.670. The van der Waals surface area contributed by atoms with Crippen molar-refractivity contribution >= 4 is 53.1 Å². The normalized spacial score (nSPS) is 16.0. The molecule has 0 aliphatic rings. The molecule has 0 fully saturated rings. The van der Waals surface area contributed by atoms with Crippen molar-refractivity contribution in [1.82, 2.24) is 0 Å². The Bertz CT molecular complexity index is 396. The van der Waals surface area contributed by atoms with Crippen molar-refractivity contribution in [2.24, 2.45) is 0 Å². The molecule has 0 aromatic heterocycles. The Labute approximate surface area is 155 Å². The predicted molar refractivity (Wildman–Crippen MR) is 131 cm³/mol. The lowest BCUT2D eigenvalue weighted by Gasteiger charge is -2.58. The second-order valence-corrected chi connectivity index (χ2v) is 43.6. The molecule has 0 rings (SSSR count). The Morgan fingerprint density at radius 1 is 0.478 bits per heavy atom. The predicted octanol–water partition coefficient (Wildman–Crippen LogP) is 7.23. The zero-order valence-corrected chi connectivity index (χ0v) is 24.8. The molecule has 0 aliphatic heterocycles. The zero-order valence-electron chi connectivity index (χ0n) is 18.9. The highest BCUT2D eigenvalue weighted by atomic mass is 31.1. The van der Waals surface area contributed by atoms with E-state index in [4.69, 9.17) is 0 Å². The maximum atomic E-state index is 2.68. The molecule has 6 heteroatoms. The molecule has 0 aromatic rings. The Morgan fingerprint density at radius 2 is 0.696 bits per heavy atom. The maximum Gasteiger partial charge on any atom is 0.0730 e. The van der Waals surface area contributed by atoms with Gasteiger partial charge in [0.1, 0.15) is 0 Å². The molecule has 0 N–H and O–H groups in total. The molecule has 0 aliphatic carbocycles. The van der Waals surface area contributed by atoms with Crippen LogP contribution in [-0.4, -0.2) is 48.9 Å². The third kappa shape index (κ3) is 5.13. The molecular weight excluding hydrogens is 376 g/mol. The summed E-state index contributed by atoms with van der Waals surface area (Å²) in [6.45, 7) is 39.8. The molecule has 0 bridgehead atoms. The molecule has 0 heterocycles. The van der Waals surface area contributed by atoms with Gasteiger partial charge in [0.05, 0.1) is 40.4 Å². The van der Waals surface area contributed by atoms with Crippen LogP contribution in [0.4, 0.5) is 0 Å². The molecule has 0 aromatic carbocycles. The van der Waals surface area contributed by atoms with Gasteiger partial charge in [-0.3, -0.25) is 0 Å². The van der Waals surface area contributed by atoms with Crippen LogP contribution in [0.3, 0.4) is 0 Å². The minimum atomic E-state index is -1.29. The van der Waals surface area contributed by atoms with E-state index < -0.39 is 40.4 Å². The Kier molecular flexibility index (Phi) is 7.14. The molecule has 0 radical (unpaired) electrons. The zero-order chi connectivity index (χ0) is 19.3. The molecule has 0 saturated heterocycles. The summed E-state index contributed by atoms with van der Waals surface area (Å²) in [4.78, 5) is 0. The summed E-state index contributed by atoms with van der Waals surface area (Å²) >= 11 is 0. The van der Waals surface area contributed by atoms with Gasteiger partial charge in [-0.05, 0) is 4.03 Å². The van der Waals surface area contributed by atoms with Crippen LogP contribution in [0, 0.1) is 0 Å². The summed E-state index contributed by atoms with van der Waals surface area (Å²) < 4.78 is 2.72. The van der Waals surface area contributed by atoms with Crippen LogP contribution in [-0.2, 0) is 0 Å². The van der Waals surface area contributed by atoms with Gasteiger partial charge in [0.15, 0.2) is 0 Å². The first-order valence-electron chi connectivity index (χ1n) is 9.20. The highest BCUT2D eigenvalue weighted by Gasteiger charge is 2.59.